The number of hydrogen-bond acceptors (Lipinski definition) is 2. The number of ether oxygens (including phenoxy) is 2. The molecule has 1 atom stereocenters. The van der Waals surface area contributed by atoms with Crippen LogP contribution in [0.4, 0.5) is 0 Å². The Morgan fingerprint density at radius 1 is 1.50 bits per heavy atom. The van der Waals surface area contributed by atoms with Gasteiger partial charge in [0.05, 0.1) is 6.61 Å². The third-order valence-electron chi connectivity index (χ3n) is 2.89. The summed E-state index contributed by atoms with van der Waals surface area (Å²) in [5.41, 5.74) is 0.384. The molecule has 3 heteroatoms. The normalized spacial score (nSPS) is 27.9. The molecule has 2 nitrogen and oxygen atoms in total. The van der Waals surface area contributed by atoms with Crippen LogP contribution in [-0.2, 0) is 9.47 Å². The highest BCUT2D eigenvalue weighted by atomic mass is 79.9. The molecule has 14 heavy (non-hydrogen) atoms. The zero-order valence-corrected chi connectivity index (χ0v) is 10.6. The van der Waals surface area contributed by atoms with Gasteiger partial charge in [0.15, 0.2) is 0 Å². The van der Waals surface area contributed by atoms with Crippen molar-refractivity contribution in [3.05, 3.63) is 0 Å². The minimum absolute atomic E-state index is 0.384. The first-order chi connectivity index (χ1) is 6.83. The van der Waals surface area contributed by atoms with E-state index in [1.807, 2.05) is 6.92 Å². The summed E-state index contributed by atoms with van der Waals surface area (Å²) in [4.78, 5) is 0. The molecule has 0 aliphatic carbocycles. The fraction of sp³-hybridized carbons (Fsp3) is 1.00. The molecule has 0 aromatic heterocycles. The van der Waals surface area contributed by atoms with Crippen LogP contribution in [0.3, 0.4) is 0 Å². The SMILES string of the molecule is CCOCCCC1(CBr)CCCOC1. The van der Waals surface area contributed by atoms with E-state index in [1.165, 1.54) is 19.3 Å². The van der Waals surface area contributed by atoms with Crippen molar-refractivity contribution < 1.29 is 9.47 Å². The molecule has 1 fully saturated rings. The van der Waals surface area contributed by atoms with Gasteiger partial charge in [-0.05, 0) is 32.6 Å². The lowest BCUT2D eigenvalue weighted by Crippen LogP contribution is -2.33. The van der Waals surface area contributed by atoms with E-state index < -0.39 is 0 Å². The summed E-state index contributed by atoms with van der Waals surface area (Å²) < 4.78 is 10.9. The summed E-state index contributed by atoms with van der Waals surface area (Å²) in [6.45, 7) is 5.64. The Kier molecular flexibility index (Phi) is 6.06. The van der Waals surface area contributed by atoms with E-state index in [4.69, 9.17) is 9.47 Å². The van der Waals surface area contributed by atoms with Crippen molar-refractivity contribution >= 4 is 15.9 Å². The summed E-state index contributed by atoms with van der Waals surface area (Å²) >= 11 is 3.62. The zero-order valence-electron chi connectivity index (χ0n) is 9.06. The van der Waals surface area contributed by atoms with Crippen molar-refractivity contribution in [2.24, 2.45) is 5.41 Å². The average molecular weight is 265 g/mol. The Bertz CT molecular complexity index is 144. The lowest BCUT2D eigenvalue weighted by molar-refractivity contribution is -0.00350. The molecule has 1 heterocycles. The van der Waals surface area contributed by atoms with E-state index in [0.717, 1.165) is 38.2 Å². The second kappa shape index (κ2) is 6.81. The quantitative estimate of drug-likeness (QED) is 0.543. The Labute approximate surface area is 95.5 Å². The van der Waals surface area contributed by atoms with Gasteiger partial charge >= 0.3 is 0 Å². The lowest BCUT2D eigenvalue weighted by atomic mass is 9.80. The minimum atomic E-state index is 0.384. The van der Waals surface area contributed by atoms with Crippen molar-refractivity contribution in [2.45, 2.75) is 32.6 Å². The molecule has 1 aliphatic rings. The fourth-order valence-corrected chi connectivity index (χ4v) is 2.70. The molecular weight excluding hydrogens is 244 g/mol. The summed E-state index contributed by atoms with van der Waals surface area (Å²) in [6.07, 6.45) is 4.88. The van der Waals surface area contributed by atoms with Gasteiger partial charge < -0.3 is 9.47 Å². The Hall–Kier alpha value is 0.400. The summed E-state index contributed by atoms with van der Waals surface area (Å²) in [5.74, 6) is 0. The lowest BCUT2D eigenvalue weighted by Gasteiger charge is -2.35. The molecule has 0 saturated carbocycles. The number of hydrogen-bond donors (Lipinski definition) is 0. The molecule has 1 aliphatic heterocycles. The molecule has 0 N–H and O–H groups in total. The van der Waals surface area contributed by atoms with Gasteiger partial charge in [-0.2, -0.15) is 0 Å². The van der Waals surface area contributed by atoms with Gasteiger partial charge in [-0.15, -0.1) is 0 Å². The van der Waals surface area contributed by atoms with Crippen molar-refractivity contribution in [1.82, 2.24) is 0 Å². The van der Waals surface area contributed by atoms with Crippen LogP contribution in [0, 0.1) is 5.41 Å². The smallest absolute Gasteiger partial charge is 0.0530 e. The molecule has 0 radical (unpaired) electrons. The maximum Gasteiger partial charge on any atom is 0.0530 e. The van der Waals surface area contributed by atoms with Crippen LogP contribution in [0.2, 0.25) is 0 Å². The van der Waals surface area contributed by atoms with E-state index in [1.54, 1.807) is 0 Å². The van der Waals surface area contributed by atoms with Gasteiger partial charge in [0.25, 0.3) is 0 Å². The molecule has 0 spiro atoms. The van der Waals surface area contributed by atoms with Crippen molar-refractivity contribution in [3.8, 4) is 0 Å². The van der Waals surface area contributed by atoms with Crippen LogP contribution in [0.25, 0.3) is 0 Å². The molecule has 1 saturated heterocycles. The Morgan fingerprint density at radius 3 is 2.93 bits per heavy atom. The van der Waals surface area contributed by atoms with Crippen LogP contribution < -0.4 is 0 Å². The molecule has 0 aromatic carbocycles. The third kappa shape index (κ3) is 3.87. The highest BCUT2D eigenvalue weighted by Gasteiger charge is 2.31. The zero-order chi connectivity index (χ0) is 10.3. The van der Waals surface area contributed by atoms with Crippen molar-refractivity contribution in [1.29, 1.82) is 0 Å². The van der Waals surface area contributed by atoms with E-state index in [-0.39, 0.29) is 0 Å². The average Bonchev–Trinajstić information content (AvgIpc) is 2.26. The monoisotopic (exact) mass is 264 g/mol. The molecular formula is C11H21BrO2. The van der Waals surface area contributed by atoms with Gasteiger partial charge in [0.1, 0.15) is 0 Å². The van der Waals surface area contributed by atoms with E-state index >= 15 is 0 Å². The standard InChI is InChI=1S/C11H21BrO2/c1-2-13-7-3-5-11(9-12)6-4-8-14-10-11/h2-10H2,1H3. The summed E-state index contributed by atoms with van der Waals surface area (Å²) in [7, 11) is 0. The van der Waals surface area contributed by atoms with Gasteiger partial charge in [-0.3, -0.25) is 0 Å². The molecule has 0 bridgehead atoms. The predicted molar refractivity (Wildman–Crippen MR) is 62.0 cm³/mol. The Morgan fingerprint density at radius 2 is 2.36 bits per heavy atom. The minimum Gasteiger partial charge on any atom is -0.382 e. The second-order valence-electron chi connectivity index (χ2n) is 4.09. The van der Waals surface area contributed by atoms with Crippen molar-refractivity contribution in [2.75, 3.05) is 31.8 Å². The molecule has 84 valence electrons. The van der Waals surface area contributed by atoms with Crippen LogP contribution in [0.1, 0.15) is 32.6 Å². The van der Waals surface area contributed by atoms with Crippen LogP contribution in [0.5, 0.6) is 0 Å². The highest BCUT2D eigenvalue weighted by molar-refractivity contribution is 9.09. The van der Waals surface area contributed by atoms with Gasteiger partial charge in [-0.1, -0.05) is 15.9 Å². The second-order valence-corrected chi connectivity index (χ2v) is 4.65. The maximum atomic E-state index is 5.56. The van der Waals surface area contributed by atoms with Crippen LogP contribution >= 0.6 is 15.9 Å². The summed E-state index contributed by atoms with van der Waals surface area (Å²) in [6, 6.07) is 0. The van der Waals surface area contributed by atoms with Gasteiger partial charge in [-0.25, -0.2) is 0 Å². The number of rotatable bonds is 6. The predicted octanol–water partition coefficient (Wildman–Crippen LogP) is 2.99. The first-order valence-electron chi connectivity index (χ1n) is 5.54. The first-order valence-corrected chi connectivity index (χ1v) is 6.66. The third-order valence-corrected chi connectivity index (χ3v) is 4.08. The summed E-state index contributed by atoms with van der Waals surface area (Å²) in [5, 5.41) is 1.06. The van der Waals surface area contributed by atoms with E-state index in [2.05, 4.69) is 15.9 Å². The van der Waals surface area contributed by atoms with Crippen molar-refractivity contribution in [3.63, 3.8) is 0 Å². The number of alkyl halides is 1. The highest BCUT2D eigenvalue weighted by Crippen LogP contribution is 2.35. The van der Waals surface area contributed by atoms with Crippen LogP contribution in [-0.4, -0.2) is 31.8 Å². The number of halogens is 1. The van der Waals surface area contributed by atoms with E-state index in [0.29, 0.717) is 5.41 Å². The molecule has 0 aromatic rings. The largest absolute Gasteiger partial charge is 0.382 e. The van der Waals surface area contributed by atoms with E-state index in [9.17, 15) is 0 Å². The fourth-order valence-electron chi connectivity index (χ4n) is 1.97. The van der Waals surface area contributed by atoms with Gasteiger partial charge in [0.2, 0.25) is 0 Å². The molecule has 0 amide bonds. The topological polar surface area (TPSA) is 18.5 Å². The Balaban J connectivity index is 2.22. The van der Waals surface area contributed by atoms with Gasteiger partial charge in [0, 0.05) is 30.6 Å². The molecule has 1 unspecified atom stereocenters. The first kappa shape index (κ1) is 12.5. The van der Waals surface area contributed by atoms with Crippen LogP contribution in [0.15, 0.2) is 0 Å². The molecule has 1 rings (SSSR count). The maximum absolute atomic E-state index is 5.56.